The third-order valence-corrected chi connectivity index (χ3v) is 1.51. The number of hydrogen-bond donors (Lipinski definition) is 1. The molecule has 1 aromatic rings. The molecule has 0 fully saturated rings. The fourth-order valence-corrected chi connectivity index (χ4v) is 0.921. The van der Waals surface area contributed by atoms with Crippen LogP contribution in [0.1, 0.15) is 19.0 Å². The minimum Gasteiger partial charge on any atom is -0.323 e. The highest BCUT2D eigenvalue weighted by Crippen LogP contribution is 1.97. The van der Waals surface area contributed by atoms with E-state index >= 15 is 0 Å². The van der Waals surface area contributed by atoms with E-state index in [1.165, 1.54) is 18.1 Å². The molecule has 1 rings (SSSR count). The SMILES string of the molecule is CCCc1cn(OC(=O)NC)cn1. The lowest BCUT2D eigenvalue weighted by molar-refractivity contribution is 0.135. The number of amides is 1. The molecule has 0 aromatic carbocycles. The molecular weight excluding hydrogens is 170 g/mol. The van der Waals surface area contributed by atoms with Gasteiger partial charge in [0.25, 0.3) is 0 Å². The second-order valence-corrected chi connectivity index (χ2v) is 2.60. The topological polar surface area (TPSA) is 56.1 Å². The summed E-state index contributed by atoms with van der Waals surface area (Å²) in [6, 6.07) is 0. The summed E-state index contributed by atoms with van der Waals surface area (Å²) in [7, 11) is 1.51. The Morgan fingerprint density at radius 1 is 1.77 bits per heavy atom. The molecule has 0 radical (unpaired) electrons. The zero-order chi connectivity index (χ0) is 9.68. The normalized spacial score (nSPS) is 9.69. The van der Waals surface area contributed by atoms with Gasteiger partial charge in [0.15, 0.2) is 0 Å². The van der Waals surface area contributed by atoms with E-state index in [1.54, 1.807) is 6.20 Å². The second-order valence-electron chi connectivity index (χ2n) is 2.60. The number of hydrogen-bond acceptors (Lipinski definition) is 3. The fourth-order valence-electron chi connectivity index (χ4n) is 0.921. The van der Waals surface area contributed by atoms with E-state index in [0.717, 1.165) is 18.5 Å². The van der Waals surface area contributed by atoms with Gasteiger partial charge in [0, 0.05) is 7.05 Å². The summed E-state index contributed by atoms with van der Waals surface area (Å²) in [5.74, 6) is 0. The van der Waals surface area contributed by atoms with Crippen molar-refractivity contribution in [2.45, 2.75) is 19.8 Å². The van der Waals surface area contributed by atoms with Gasteiger partial charge in [-0.25, -0.2) is 9.78 Å². The molecule has 13 heavy (non-hydrogen) atoms. The van der Waals surface area contributed by atoms with Crippen molar-refractivity contribution in [3.63, 3.8) is 0 Å². The Bertz CT molecular complexity index is 283. The standard InChI is InChI=1S/C8H13N3O2/c1-3-4-7-5-11(6-10-7)13-8(12)9-2/h5-6H,3-4H2,1-2H3,(H,9,12). The van der Waals surface area contributed by atoms with E-state index < -0.39 is 6.09 Å². The molecule has 0 aliphatic carbocycles. The second kappa shape index (κ2) is 4.49. The number of aryl methyl sites for hydroxylation is 1. The van der Waals surface area contributed by atoms with Crippen molar-refractivity contribution in [1.29, 1.82) is 0 Å². The van der Waals surface area contributed by atoms with E-state index in [0.29, 0.717) is 0 Å². The summed E-state index contributed by atoms with van der Waals surface area (Å²) in [6.07, 6.45) is 4.58. The van der Waals surface area contributed by atoms with Crippen molar-refractivity contribution >= 4 is 6.09 Å². The summed E-state index contributed by atoms with van der Waals surface area (Å²) in [4.78, 5) is 19.6. The Kier molecular flexibility index (Phi) is 3.31. The minimum atomic E-state index is -0.500. The quantitative estimate of drug-likeness (QED) is 0.746. The van der Waals surface area contributed by atoms with Crippen LogP contribution in [0.5, 0.6) is 0 Å². The maximum Gasteiger partial charge on any atom is 0.431 e. The monoisotopic (exact) mass is 183 g/mol. The first-order chi connectivity index (χ1) is 6.26. The highest BCUT2D eigenvalue weighted by atomic mass is 16.7. The highest BCUT2D eigenvalue weighted by Gasteiger charge is 2.01. The van der Waals surface area contributed by atoms with Gasteiger partial charge in [-0.15, -0.1) is 0 Å². The van der Waals surface area contributed by atoms with Gasteiger partial charge in [0.2, 0.25) is 0 Å². The van der Waals surface area contributed by atoms with Crippen molar-refractivity contribution < 1.29 is 9.63 Å². The van der Waals surface area contributed by atoms with Crippen LogP contribution < -0.4 is 10.2 Å². The van der Waals surface area contributed by atoms with E-state index in [4.69, 9.17) is 4.84 Å². The first-order valence-corrected chi connectivity index (χ1v) is 4.19. The summed E-state index contributed by atoms with van der Waals surface area (Å²) in [5, 5.41) is 2.34. The lowest BCUT2D eigenvalue weighted by atomic mass is 10.3. The van der Waals surface area contributed by atoms with Gasteiger partial charge in [-0.1, -0.05) is 13.3 Å². The van der Waals surface area contributed by atoms with Crippen molar-refractivity contribution in [3.05, 3.63) is 18.2 Å². The first kappa shape index (κ1) is 9.57. The van der Waals surface area contributed by atoms with Crippen LogP contribution in [0, 0.1) is 0 Å². The molecule has 0 saturated carbocycles. The van der Waals surface area contributed by atoms with Crippen LogP contribution in [0.2, 0.25) is 0 Å². The molecule has 1 heterocycles. The highest BCUT2D eigenvalue weighted by molar-refractivity contribution is 5.66. The fraction of sp³-hybridized carbons (Fsp3) is 0.500. The number of nitrogens with one attached hydrogen (secondary N) is 1. The summed E-state index contributed by atoms with van der Waals surface area (Å²) in [5.41, 5.74) is 0.923. The summed E-state index contributed by atoms with van der Waals surface area (Å²) >= 11 is 0. The molecule has 72 valence electrons. The van der Waals surface area contributed by atoms with Crippen LogP contribution in [0.25, 0.3) is 0 Å². The van der Waals surface area contributed by atoms with E-state index in [2.05, 4.69) is 17.2 Å². The molecule has 1 N–H and O–H groups in total. The van der Waals surface area contributed by atoms with Gasteiger partial charge in [-0.05, 0) is 6.42 Å². The van der Waals surface area contributed by atoms with E-state index in [-0.39, 0.29) is 0 Å². The molecule has 5 heteroatoms. The Hall–Kier alpha value is -1.52. The molecule has 0 saturated heterocycles. The summed E-state index contributed by atoms with van der Waals surface area (Å²) in [6.45, 7) is 2.07. The average Bonchev–Trinajstić information content (AvgIpc) is 2.53. The van der Waals surface area contributed by atoms with Crippen LogP contribution in [0.4, 0.5) is 4.79 Å². The summed E-state index contributed by atoms with van der Waals surface area (Å²) < 4.78 is 1.30. The van der Waals surface area contributed by atoms with E-state index in [9.17, 15) is 4.79 Å². The number of imidazole rings is 1. The van der Waals surface area contributed by atoms with E-state index in [1.807, 2.05) is 0 Å². The number of carbonyl (C=O) groups excluding carboxylic acids is 1. The Morgan fingerprint density at radius 3 is 3.15 bits per heavy atom. The van der Waals surface area contributed by atoms with Crippen LogP contribution in [-0.4, -0.2) is 22.9 Å². The van der Waals surface area contributed by atoms with Crippen LogP contribution in [0.3, 0.4) is 0 Å². The number of nitrogens with zero attached hydrogens (tertiary/aromatic N) is 2. The number of rotatable bonds is 3. The molecule has 0 bridgehead atoms. The lowest BCUT2D eigenvalue weighted by Crippen LogP contribution is -2.28. The molecule has 1 amide bonds. The van der Waals surface area contributed by atoms with Crippen molar-refractivity contribution in [1.82, 2.24) is 15.0 Å². The molecule has 0 atom stereocenters. The maximum absolute atomic E-state index is 10.8. The average molecular weight is 183 g/mol. The molecular formula is C8H13N3O2. The van der Waals surface area contributed by atoms with Crippen LogP contribution >= 0.6 is 0 Å². The third kappa shape index (κ3) is 2.77. The van der Waals surface area contributed by atoms with Gasteiger partial charge in [-0.2, -0.15) is 4.73 Å². The molecule has 5 nitrogen and oxygen atoms in total. The molecule has 0 spiro atoms. The lowest BCUT2D eigenvalue weighted by Gasteiger charge is -2.00. The number of aromatic nitrogens is 2. The van der Waals surface area contributed by atoms with Gasteiger partial charge in [0.05, 0.1) is 11.9 Å². The van der Waals surface area contributed by atoms with Crippen LogP contribution in [0.15, 0.2) is 12.5 Å². The van der Waals surface area contributed by atoms with Gasteiger partial charge < -0.3 is 10.2 Å². The minimum absolute atomic E-state index is 0.500. The first-order valence-electron chi connectivity index (χ1n) is 4.19. The zero-order valence-corrected chi connectivity index (χ0v) is 7.78. The Morgan fingerprint density at radius 2 is 2.54 bits per heavy atom. The number of carbonyl (C=O) groups is 1. The van der Waals surface area contributed by atoms with Gasteiger partial charge >= 0.3 is 6.09 Å². The molecule has 0 aliphatic heterocycles. The Labute approximate surface area is 76.7 Å². The molecule has 0 unspecified atom stereocenters. The van der Waals surface area contributed by atoms with Gasteiger partial charge in [-0.3, -0.25) is 0 Å². The van der Waals surface area contributed by atoms with Crippen molar-refractivity contribution in [2.75, 3.05) is 7.05 Å². The zero-order valence-electron chi connectivity index (χ0n) is 7.78. The predicted octanol–water partition coefficient (Wildman–Crippen LogP) is 0.604. The van der Waals surface area contributed by atoms with Crippen LogP contribution in [-0.2, 0) is 6.42 Å². The Balaban J connectivity index is 2.53. The maximum atomic E-state index is 10.8. The molecule has 1 aromatic heterocycles. The predicted molar refractivity (Wildman–Crippen MR) is 47.3 cm³/mol. The smallest absolute Gasteiger partial charge is 0.323 e. The molecule has 0 aliphatic rings. The van der Waals surface area contributed by atoms with Crippen molar-refractivity contribution in [3.8, 4) is 0 Å². The third-order valence-electron chi connectivity index (χ3n) is 1.51. The van der Waals surface area contributed by atoms with Gasteiger partial charge in [0.1, 0.15) is 6.33 Å². The van der Waals surface area contributed by atoms with Crippen molar-refractivity contribution in [2.24, 2.45) is 0 Å². The largest absolute Gasteiger partial charge is 0.431 e.